The molecule has 0 radical (unpaired) electrons. The van der Waals surface area contributed by atoms with Crippen LogP contribution < -0.4 is 5.32 Å². The lowest BCUT2D eigenvalue weighted by molar-refractivity contribution is -0.117. The van der Waals surface area contributed by atoms with Gasteiger partial charge in [-0.2, -0.15) is 5.10 Å². The number of amides is 2. The monoisotopic (exact) mass is 492 g/mol. The number of benzene rings is 2. The lowest BCUT2D eigenvalue weighted by Crippen LogP contribution is -2.39. The van der Waals surface area contributed by atoms with Crippen molar-refractivity contribution in [1.29, 1.82) is 0 Å². The first kappa shape index (κ1) is 27.1. The van der Waals surface area contributed by atoms with E-state index in [1.54, 1.807) is 4.68 Å². The van der Waals surface area contributed by atoms with Crippen molar-refractivity contribution in [3.63, 3.8) is 0 Å². The van der Waals surface area contributed by atoms with Gasteiger partial charge in [0.25, 0.3) is 5.91 Å². The van der Waals surface area contributed by atoms with Gasteiger partial charge < -0.3 is 10.2 Å². The van der Waals surface area contributed by atoms with Gasteiger partial charge in [0.15, 0.2) is 0 Å². The standard InChI is InChI=1S/C29H37FN4O2/c1-7-8-9-16-33(28(36)22-11-13-23(30)14-12-22)19-27(35)31-26-18-25(29(4,5)6)32-34(26)24-15-10-20(2)17-21(24)3/h10-15,17-18H,7-9,16,19H2,1-6H3,(H,31,35). The summed E-state index contributed by atoms with van der Waals surface area (Å²) in [6.45, 7) is 12.7. The Morgan fingerprint density at radius 1 is 1.03 bits per heavy atom. The van der Waals surface area contributed by atoms with Gasteiger partial charge in [-0.05, 0) is 56.2 Å². The number of anilines is 1. The first-order chi connectivity index (χ1) is 17.0. The Kier molecular flexibility index (Phi) is 8.66. The summed E-state index contributed by atoms with van der Waals surface area (Å²) in [5, 5.41) is 7.80. The van der Waals surface area contributed by atoms with Crippen LogP contribution in [0.5, 0.6) is 0 Å². The van der Waals surface area contributed by atoms with E-state index in [9.17, 15) is 14.0 Å². The maximum absolute atomic E-state index is 13.4. The van der Waals surface area contributed by atoms with Crippen LogP contribution in [0.2, 0.25) is 0 Å². The fraction of sp³-hybridized carbons (Fsp3) is 0.414. The Bertz CT molecular complexity index is 1210. The van der Waals surface area contributed by atoms with Gasteiger partial charge in [-0.3, -0.25) is 9.59 Å². The van der Waals surface area contributed by atoms with Crippen LogP contribution in [0.3, 0.4) is 0 Å². The fourth-order valence-corrected chi connectivity index (χ4v) is 4.00. The number of hydrogen-bond acceptors (Lipinski definition) is 3. The van der Waals surface area contributed by atoms with E-state index in [2.05, 4.69) is 39.1 Å². The third-order valence-corrected chi connectivity index (χ3v) is 6.07. The first-order valence-corrected chi connectivity index (χ1v) is 12.5. The average molecular weight is 493 g/mol. The van der Waals surface area contributed by atoms with Crippen LogP contribution in [-0.4, -0.2) is 39.6 Å². The number of nitrogens with one attached hydrogen (secondary N) is 1. The summed E-state index contributed by atoms with van der Waals surface area (Å²) in [5.74, 6) is -0.455. The number of halogens is 1. The molecule has 0 bridgehead atoms. The Balaban J connectivity index is 1.87. The molecule has 1 aromatic heterocycles. The molecule has 1 N–H and O–H groups in total. The molecule has 3 aromatic rings. The highest BCUT2D eigenvalue weighted by Gasteiger charge is 2.24. The molecule has 1 heterocycles. The number of carbonyl (C=O) groups is 2. The summed E-state index contributed by atoms with van der Waals surface area (Å²) < 4.78 is 15.1. The molecule has 0 aliphatic heterocycles. The number of carbonyl (C=O) groups excluding carboxylic acids is 2. The summed E-state index contributed by atoms with van der Waals surface area (Å²) >= 11 is 0. The molecule has 36 heavy (non-hydrogen) atoms. The normalized spacial score (nSPS) is 11.4. The summed E-state index contributed by atoms with van der Waals surface area (Å²) in [6.07, 6.45) is 2.73. The Hall–Kier alpha value is -3.48. The molecule has 6 nitrogen and oxygen atoms in total. The van der Waals surface area contributed by atoms with Crippen LogP contribution in [0.4, 0.5) is 10.2 Å². The summed E-state index contributed by atoms with van der Waals surface area (Å²) in [5.41, 5.74) is 4.06. The Labute approximate surface area is 213 Å². The molecule has 3 rings (SSSR count). The predicted octanol–water partition coefficient (Wildman–Crippen LogP) is 6.20. The zero-order valence-electron chi connectivity index (χ0n) is 22.2. The highest BCUT2D eigenvalue weighted by molar-refractivity contribution is 5.99. The zero-order valence-corrected chi connectivity index (χ0v) is 22.2. The molecule has 0 saturated heterocycles. The Morgan fingerprint density at radius 3 is 2.33 bits per heavy atom. The molecule has 0 atom stereocenters. The van der Waals surface area contributed by atoms with Crippen molar-refractivity contribution >= 4 is 17.6 Å². The van der Waals surface area contributed by atoms with E-state index in [1.165, 1.54) is 29.2 Å². The molecule has 2 aromatic carbocycles. The van der Waals surface area contributed by atoms with E-state index < -0.39 is 5.82 Å². The maximum atomic E-state index is 13.4. The Morgan fingerprint density at radius 2 is 1.72 bits per heavy atom. The number of nitrogens with zero attached hydrogens (tertiary/aromatic N) is 3. The smallest absolute Gasteiger partial charge is 0.254 e. The van der Waals surface area contributed by atoms with Crippen LogP contribution in [0.15, 0.2) is 48.5 Å². The van der Waals surface area contributed by atoms with Crippen molar-refractivity contribution in [2.24, 2.45) is 0 Å². The third-order valence-electron chi connectivity index (χ3n) is 6.07. The molecule has 0 fully saturated rings. The van der Waals surface area contributed by atoms with Crippen molar-refractivity contribution in [3.05, 3.63) is 76.7 Å². The molecule has 2 amide bonds. The van der Waals surface area contributed by atoms with Crippen molar-refractivity contribution < 1.29 is 14.0 Å². The largest absolute Gasteiger partial charge is 0.329 e. The average Bonchev–Trinajstić information content (AvgIpc) is 3.22. The van der Waals surface area contributed by atoms with E-state index in [0.29, 0.717) is 17.9 Å². The first-order valence-electron chi connectivity index (χ1n) is 12.5. The topological polar surface area (TPSA) is 67.2 Å². The molecule has 0 aliphatic carbocycles. The summed E-state index contributed by atoms with van der Waals surface area (Å²) in [4.78, 5) is 27.9. The minimum absolute atomic E-state index is 0.108. The van der Waals surface area contributed by atoms with Gasteiger partial charge in [0.2, 0.25) is 5.91 Å². The fourth-order valence-electron chi connectivity index (χ4n) is 4.00. The number of aryl methyl sites for hydroxylation is 2. The second-order valence-corrected chi connectivity index (χ2v) is 10.4. The van der Waals surface area contributed by atoms with Gasteiger partial charge >= 0.3 is 0 Å². The number of unbranched alkanes of at least 4 members (excludes halogenated alkanes) is 2. The van der Waals surface area contributed by atoms with E-state index >= 15 is 0 Å². The lowest BCUT2D eigenvalue weighted by atomic mass is 9.92. The minimum Gasteiger partial charge on any atom is -0.329 e. The summed E-state index contributed by atoms with van der Waals surface area (Å²) in [6, 6.07) is 13.4. The van der Waals surface area contributed by atoms with Crippen LogP contribution in [0.1, 0.15) is 74.1 Å². The zero-order chi connectivity index (χ0) is 26.5. The number of rotatable bonds is 9. The molecule has 192 valence electrons. The van der Waals surface area contributed by atoms with Crippen molar-refractivity contribution in [2.45, 2.75) is 66.2 Å². The summed E-state index contributed by atoms with van der Waals surface area (Å²) in [7, 11) is 0. The molecule has 7 heteroatoms. The molecule has 0 unspecified atom stereocenters. The van der Waals surface area contributed by atoms with E-state index in [1.807, 2.05) is 32.0 Å². The van der Waals surface area contributed by atoms with E-state index in [4.69, 9.17) is 5.10 Å². The molecular weight excluding hydrogens is 455 g/mol. The molecular formula is C29H37FN4O2. The van der Waals surface area contributed by atoms with Crippen molar-refractivity contribution in [3.8, 4) is 5.69 Å². The number of aromatic nitrogens is 2. The SMILES string of the molecule is CCCCCN(CC(=O)Nc1cc(C(C)(C)C)nn1-c1ccc(C)cc1C)C(=O)c1ccc(F)cc1. The number of hydrogen-bond donors (Lipinski definition) is 1. The van der Waals surface area contributed by atoms with E-state index in [0.717, 1.165) is 41.8 Å². The van der Waals surface area contributed by atoms with Crippen LogP contribution in [0.25, 0.3) is 5.69 Å². The van der Waals surface area contributed by atoms with Crippen LogP contribution in [0, 0.1) is 19.7 Å². The maximum Gasteiger partial charge on any atom is 0.254 e. The van der Waals surface area contributed by atoms with Gasteiger partial charge in [0.05, 0.1) is 11.4 Å². The van der Waals surface area contributed by atoms with Gasteiger partial charge in [-0.25, -0.2) is 9.07 Å². The predicted molar refractivity (Wildman–Crippen MR) is 142 cm³/mol. The van der Waals surface area contributed by atoms with E-state index in [-0.39, 0.29) is 23.8 Å². The highest BCUT2D eigenvalue weighted by atomic mass is 19.1. The minimum atomic E-state index is -0.406. The van der Waals surface area contributed by atoms with Gasteiger partial charge in [0.1, 0.15) is 18.2 Å². The quantitative estimate of drug-likeness (QED) is 0.362. The van der Waals surface area contributed by atoms with Gasteiger partial charge in [-0.15, -0.1) is 0 Å². The van der Waals surface area contributed by atoms with Gasteiger partial charge in [0, 0.05) is 23.6 Å². The second kappa shape index (κ2) is 11.5. The van der Waals surface area contributed by atoms with Crippen molar-refractivity contribution in [1.82, 2.24) is 14.7 Å². The molecule has 0 spiro atoms. The van der Waals surface area contributed by atoms with Crippen molar-refractivity contribution in [2.75, 3.05) is 18.4 Å². The third kappa shape index (κ3) is 6.80. The molecule has 0 aliphatic rings. The van der Waals surface area contributed by atoms with Crippen LogP contribution >= 0.6 is 0 Å². The van der Waals surface area contributed by atoms with Gasteiger partial charge in [-0.1, -0.05) is 58.2 Å². The second-order valence-electron chi connectivity index (χ2n) is 10.4. The molecule has 0 saturated carbocycles. The van der Waals surface area contributed by atoms with Crippen LogP contribution in [-0.2, 0) is 10.2 Å². The highest BCUT2D eigenvalue weighted by Crippen LogP contribution is 2.28. The lowest BCUT2D eigenvalue weighted by Gasteiger charge is -2.22.